The van der Waals surface area contributed by atoms with E-state index in [0.717, 1.165) is 5.90 Å². The summed E-state index contributed by atoms with van der Waals surface area (Å²) in [5.41, 5.74) is 0.150. The largest absolute Gasteiger partial charge is 0.484 e. The minimum absolute atomic E-state index is 0.150. The molecule has 0 aromatic carbocycles. The van der Waals surface area contributed by atoms with E-state index in [1.165, 1.54) is 0 Å². The van der Waals surface area contributed by atoms with Crippen molar-refractivity contribution in [3.63, 3.8) is 0 Å². The second-order valence-electron chi connectivity index (χ2n) is 4.24. The van der Waals surface area contributed by atoms with Gasteiger partial charge in [0.15, 0.2) is 5.90 Å². The van der Waals surface area contributed by atoms with Crippen molar-refractivity contribution in [3.05, 3.63) is 24.4 Å². The van der Waals surface area contributed by atoms with E-state index in [-0.39, 0.29) is 11.3 Å². The third kappa shape index (κ3) is 2.44. The van der Waals surface area contributed by atoms with E-state index in [2.05, 4.69) is 31.8 Å². The Hall–Kier alpha value is -1.05. The monoisotopic (exact) mass is 179 g/mol. The van der Waals surface area contributed by atoms with Crippen LogP contribution in [0.15, 0.2) is 29.4 Å². The van der Waals surface area contributed by atoms with E-state index in [0.29, 0.717) is 0 Å². The number of hydrogen-bond donors (Lipinski definition) is 0. The second kappa shape index (κ2) is 3.77. The van der Waals surface area contributed by atoms with Gasteiger partial charge in [0.1, 0.15) is 0 Å². The Morgan fingerprint density at radius 1 is 1.31 bits per heavy atom. The number of hydrogen-bond acceptors (Lipinski definition) is 2. The smallest absolute Gasteiger partial charge is 0.195 e. The van der Waals surface area contributed by atoms with Crippen molar-refractivity contribution in [3.8, 4) is 0 Å². The highest BCUT2D eigenvalue weighted by Crippen LogP contribution is 2.29. The Morgan fingerprint density at radius 3 is 2.54 bits per heavy atom. The van der Waals surface area contributed by atoms with Crippen molar-refractivity contribution < 1.29 is 4.74 Å². The van der Waals surface area contributed by atoms with Crippen LogP contribution in [0.4, 0.5) is 0 Å². The van der Waals surface area contributed by atoms with E-state index in [9.17, 15) is 0 Å². The number of aliphatic imine (C=N–C) groups is 1. The zero-order chi connectivity index (χ0) is 9.90. The Labute approximate surface area is 80.0 Å². The highest BCUT2D eigenvalue weighted by Gasteiger charge is 2.28. The van der Waals surface area contributed by atoms with Crippen LogP contribution in [0.3, 0.4) is 0 Å². The summed E-state index contributed by atoms with van der Waals surface area (Å²) in [5, 5.41) is 0. The molecule has 0 bridgehead atoms. The normalized spacial score (nSPS) is 22.5. The molecule has 0 saturated carbocycles. The summed E-state index contributed by atoms with van der Waals surface area (Å²) in [5.74, 6) is 1.05. The fourth-order valence-corrected chi connectivity index (χ4v) is 1.34. The molecule has 1 aliphatic heterocycles. The predicted molar refractivity (Wildman–Crippen MR) is 55.7 cm³/mol. The molecule has 13 heavy (non-hydrogen) atoms. The first kappa shape index (κ1) is 10.0. The van der Waals surface area contributed by atoms with Crippen molar-refractivity contribution in [2.24, 2.45) is 16.3 Å². The second-order valence-corrected chi connectivity index (χ2v) is 4.24. The molecule has 0 aliphatic carbocycles. The van der Waals surface area contributed by atoms with Gasteiger partial charge in [-0.05, 0) is 11.5 Å². The van der Waals surface area contributed by atoms with Crippen LogP contribution in [0.25, 0.3) is 0 Å². The SMILES string of the molecule is COC1=NC=CC=CC1C(C)(C)C. The van der Waals surface area contributed by atoms with Crippen LogP contribution in [0, 0.1) is 11.3 Å². The molecule has 2 heteroatoms. The summed E-state index contributed by atoms with van der Waals surface area (Å²) in [6.07, 6.45) is 7.84. The molecule has 0 spiro atoms. The Balaban J connectivity index is 2.95. The summed E-state index contributed by atoms with van der Waals surface area (Å²) < 4.78 is 5.26. The van der Waals surface area contributed by atoms with Crippen LogP contribution in [-0.4, -0.2) is 13.0 Å². The summed E-state index contributed by atoms with van der Waals surface area (Å²) in [6, 6.07) is 0. The van der Waals surface area contributed by atoms with Gasteiger partial charge in [-0.25, -0.2) is 4.99 Å². The Morgan fingerprint density at radius 2 is 2.00 bits per heavy atom. The number of methoxy groups -OCH3 is 1. The first-order valence-electron chi connectivity index (χ1n) is 4.50. The van der Waals surface area contributed by atoms with Gasteiger partial charge in [0.25, 0.3) is 0 Å². The standard InChI is InChI=1S/C11H17NO/c1-11(2,3)9-7-5-6-8-12-10(9)13-4/h5-9H,1-4H3. The molecule has 1 atom stereocenters. The van der Waals surface area contributed by atoms with Crippen LogP contribution < -0.4 is 0 Å². The quantitative estimate of drug-likeness (QED) is 0.560. The van der Waals surface area contributed by atoms with Gasteiger partial charge < -0.3 is 4.74 Å². The van der Waals surface area contributed by atoms with Gasteiger partial charge in [0.2, 0.25) is 0 Å². The lowest BCUT2D eigenvalue weighted by Gasteiger charge is -2.27. The van der Waals surface area contributed by atoms with Crippen molar-refractivity contribution >= 4 is 5.90 Å². The maximum atomic E-state index is 5.26. The minimum Gasteiger partial charge on any atom is -0.484 e. The zero-order valence-corrected chi connectivity index (χ0v) is 8.74. The summed E-state index contributed by atoms with van der Waals surface area (Å²) >= 11 is 0. The molecule has 2 nitrogen and oxygen atoms in total. The number of nitrogens with zero attached hydrogens (tertiary/aromatic N) is 1. The van der Waals surface area contributed by atoms with E-state index in [4.69, 9.17) is 4.74 Å². The molecule has 0 aromatic rings. The van der Waals surface area contributed by atoms with Crippen LogP contribution in [0.2, 0.25) is 0 Å². The average molecular weight is 179 g/mol. The Bertz CT molecular complexity index is 256. The van der Waals surface area contributed by atoms with Crippen molar-refractivity contribution in [1.82, 2.24) is 0 Å². The zero-order valence-electron chi connectivity index (χ0n) is 8.74. The summed E-state index contributed by atoms with van der Waals surface area (Å²) in [6.45, 7) is 6.55. The van der Waals surface area contributed by atoms with E-state index in [1.807, 2.05) is 12.2 Å². The predicted octanol–water partition coefficient (Wildman–Crippen LogP) is 2.78. The lowest BCUT2D eigenvalue weighted by molar-refractivity contribution is 0.293. The first-order chi connectivity index (χ1) is 6.05. The third-order valence-corrected chi connectivity index (χ3v) is 2.11. The summed E-state index contributed by atoms with van der Waals surface area (Å²) in [4.78, 5) is 4.24. The summed E-state index contributed by atoms with van der Waals surface area (Å²) in [7, 11) is 1.67. The Kier molecular flexibility index (Phi) is 2.91. The lowest BCUT2D eigenvalue weighted by atomic mass is 9.80. The van der Waals surface area contributed by atoms with Crippen molar-refractivity contribution in [2.75, 3.05) is 7.11 Å². The van der Waals surface area contributed by atoms with Gasteiger partial charge in [-0.1, -0.05) is 32.9 Å². The number of allylic oxidation sites excluding steroid dienone is 2. The van der Waals surface area contributed by atoms with Gasteiger partial charge in [0, 0.05) is 6.20 Å². The molecule has 1 heterocycles. The van der Waals surface area contributed by atoms with Crippen LogP contribution in [-0.2, 0) is 4.74 Å². The molecule has 1 rings (SSSR count). The molecule has 0 saturated heterocycles. The van der Waals surface area contributed by atoms with Gasteiger partial charge in [-0.3, -0.25) is 0 Å². The highest BCUT2D eigenvalue weighted by atomic mass is 16.5. The lowest BCUT2D eigenvalue weighted by Crippen LogP contribution is -2.27. The average Bonchev–Trinajstić information content (AvgIpc) is 2.26. The van der Waals surface area contributed by atoms with Crippen molar-refractivity contribution in [1.29, 1.82) is 0 Å². The van der Waals surface area contributed by atoms with E-state index >= 15 is 0 Å². The van der Waals surface area contributed by atoms with Gasteiger partial charge >= 0.3 is 0 Å². The van der Waals surface area contributed by atoms with Crippen LogP contribution >= 0.6 is 0 Å². The van der Waals surface area contributed by atoms with E-state index in [1.54, 1.807) is 13.3 Å². The molecule has 0 aromatic heterocycles. The molecule has 1 unspecified atom stereocenters. The molecule has 0 fully saturated rings. The van der Waals surface area contributed by atoms with E-state index < -0.39 is 0 Å². The molecule has 0 radical (unpaired) electrons. The highest BCUT2D eigenvalue weighted by molar-refractivity contribution is 5.82. The minimum atomic E-state index is 0.150. The number of ether oxygens (including phenoxy) is 1. The van der Waals surface area contributed by atoms with Crippen LogP contribution in [0.5, 0.6) is 0 Å². The topological polar surface area (TPSA) is 21.6 Å². The molecule has 72 valence electrons. The van der Waals surface area contributed by atoms with Crippen molar-refractivity contribution in [2.45, 2.75) is 20.8 Å². The molecule has 0 amide bonds. The maximum absolute atomic E-state index is 5.26. The van der Waals surface area contributed by atoms with Gasteiger partial charge in [0.05, 0.1) is 13.0 Å². The van der Waals surface area contributed by atoms with Crippen LogP contribution in [0.1, 0.15) is 20.8 Å². The first-order valence-corrected chi connectivity index (χ1v) is 4.50. The van der Waals surface area contributed by atoms with Gasteiger partial charge in [-0.2, -0.15) is 0 Å². The molecule has 0 N–H and O–H groups in total. The number of rotatable bonds is 0. The molecular formula is C11H17NO. The molecule has 1 aliphatic rings. The third-order valence-electron chi connectivity index (χ3n) is 2.11. The fourth-order valence-electron chi connectivity index (χ4n) is 1.34. The molecular weight excluding hydrogens is 162 g/mol. The van der Waals surface area contributed by atoms with Gasteiger partial charge in [-0.15, -0.1) is 0 Å². The fraction of sp³-hybridized carbons (Fsp3) is 0.545. The maximum Gasteiger partial charge on any atom is 0.195 e.